The van der Waals surface area contributed by atoms with Crippen LogP contribution in [0.4, 0.5) is 4.79 Å². The molecule has 34 heavy (non-hydrogen) atoms. The summed E-state index contributed by atoms with van der Waals surface area (Å²) in [7, 11) is 0. The van der Waals surface area contributed by atoms with E-state index < -0.39 is 18.1 Å². The van der Waals surface area contributed by atoms with Crippen molar-refractivity contribution in [3.8, 4) is 11.1 Å². The highest BCUT2D eigenvalue weighted by Gasteiger charge is 2.29. The molecule has 0 spiro atoms. The largest absolute Gasteiger partial charge is 0.476 e. The molecule has 1 aliphatic rings. The first-order valence-electron chi connectivity index (χ1n) is 10.9. The molecular weight excluding hydrogens is 452 g/mol. The maximum atomic E-state index is 12.6. The number of halogens is 1. The van der Waals surface area contributed by atoms with Gasteiger partial charge in [-0.25, -0.2) is 14.6 Å². The van der Waals surface area contributed by atoms with E-state index >= 15 is 0 Å². The Morgan fingerprint density at radius 3 is 2.32 bits per heavy atom. The van der Waals surface area contributed by atoms with Crippen LogP contribution in [0, 0.1) is 0 Å². The van der Waals surface area contributed by atoms with E-state index in [1.165, 1.54) is 0 Å². The summed E-state index contributed by atoms with van der Waals surface area (Å²) in [5, 5.41) is 13.7. The van der Waals surface area contributed by atoms with E-state index in [0.717, 1.165) is 22.3 Å². The number of fused-ring (bicyclic) bond motifs is 4. The third kappa shape index (κ3) is 3.86. The van der Waals surface area contributed by atoms with Crippen molar-refractivity contribution in [1.82, 2.24) is 10.3 Å². The lowest BCUT2D eigenvalue weighted by atomic mass is 9.98. The predicted octanol–water partition coefficient (Wildman–Crippen LogP) is 6.19. The fraction of sp³-hybridized carbons (Fsp3) is 0.148. The number of carbonyl (C=O) groups excluding carboxylic acids is 1. The zero-order valence-corrected chi connectivity index (χ0v) is 19.0. The molecule has 1 aliphatic carbocycles. The standard InChI is InChI=1S/C27H21ClN2O4/c1-15(23-13-16-7-6-12-22(28)24(16)25(30-23)26(31)32)29-27(33)34-14-21-19-10-4-2-8-17(19)18-9-3-5-11-20(18)21/h2-13,15,21H,14H2,1H3,(H,29,33)(H,31,32)/t15-/m0/s1. The molecule has 0 saturated heterocycles. The Labute approximate surface area is 201 Å². The highest BCUT2D eigenvalue weighted by Crippen LogP contribution is 2.44. The maximum Gasteiger partial charge on any atom is 0.407 e. The number of nitrogens with one attached hydrogen (secondary N) is 1. The van der Waals surface area contributed by atoms with Crippen molar-refractivity contribution in [2.45, 2.75) is 18.9 Å². The minimum absolute atomic E-state index is 0.0481. The Bertz CT molecular complexity index is 1390. The molecule has 2 N–H and O–H groups in total. The monoisotopic (exact) mass is 472 g/mol. The number of ether oxygens (including phenoxy) is 1. The summed E-state index contributed by atoms with van der Waals surface area (Å²) >= 11 is 6.20. The molecule has 0 aliphatic heterocycles. The van der Waals surface area contributed by atoms with Gasteiger partial charge in [-0.3, -0.25) is 0 Å². The Morgan fingerprint density at radius 1 is 1.03 bits per heavy atom. The summed E-state index contributed by atoms with van der Waals surface area (Å²) < 4.78 is 5.60. The normalized spacial score (nSPS) is 13.2. The van der Waals surface area contributed by atoms with Crippen LogP contribution in [0.25, 0.3) is 21.9 Å². The second-order valence-corrected chi connectivity index (χ2v) is 8.64. The van der Waals surface area contributed by atoms with E-state index in [1.807, 2.05) is 24.3 Å². The molecule has 0 saturated carbocycles. The second-order valence-electron chi connectivity index (χ2n) is 8.23. The molecule has 170 valence electrons. The molecule has 1 aromatic heterocycles. The molecule has 1 atom stereocenters. The van der Waals surface area contributed by atoms with Crippen molar-refractivity contribution in [2.75, 3.05) is 6.61 Å². The number of rotatable bonds is 5. The number of carboxylic acids is 1. The third-order valence-corrected chi connectivity index (χ3v) is 6.47. The molecular formula is C27H21ClN2O4. The summed E-state index contributed by atoms with van der Waals surface area (Å²) in [4.78, 5) is 28.7. The molecule has 6 nitrogen and oxygen atoms in total. The molecule has 5 rings (SSSR count). The number of aromatic nitrogens is 1. The first-order chi connectivity index (χ1) is 16.4. The fourth-order valence-electron chi connectivity index (χ4n) is 4.55. The van der Waals surface area contributed by atoms with Crippen molar-refractivity contribution in [2.24, 2.45) is 0 Å². The van der Waals surface area contributed by atoms with Crippen LogP contribution >= 0.6 is 11.6 Å². The van der Waals surface area contributed by atoms with Crippen LogP contribution in [0.5, 0.6) is 0 Å². The SMILES string of the molecule is C[C@H](NC(=O)OCC1c2ccccc2-c2ccccc21)c1cc2cccc(Cl)c2c(C(=O)O)n1. The number of carboxylic acid groups (broad SMARTS) is 1. The Morgan fingerprint density at radius 2 is 1.68 bits per heavy atom. The average Bonchev–Trinajstić information content (AvgIpc) is 3.16. The number of carbonyl (C=O) groups is 2. The van der Waals surface area contributed by atoms with Crippen molar-refractivity contribution in [3.63, 3.8) is 0 Å². The van der Waals surface area contributed by atoms with Gasteiger partial charge >= 0.3 is 12.1 Å². The molecule has 7 heteroatoms. The van der Waals surface area contributed by atoms with Gasteiger partial charge in [-0.15, -0.1) is 0 Å². The topological polar surface area (TPSA) is 88.5 Å². The number of aromatic carboxylic acids is 1. The Kier molecular flexibility index (Phi) is 5.67. The summed E-state index contributed by atoms with van der Waals surface area (Å²) in [6.45, 7) is 1.92. The Hall–Kier alpha value is -3.90. The van der Waals surface area contributed by atoms with Gasteiger partial charge in [0.2, 0.25) is 0 Å². The lowest BCUT2D eigenvalue weighted by molar-refractivity contribution is 0.0692. The van der Waals surface area contributed by atoms with Gasteiger partial charge in [0, 0.05) is 11.3 Å². The molecule has 1 amide bonds. The first kappa shape index (κ1) is 21.9. The van der Waals surface area contributed by atoms with Crippen molar-refractivity contribution in [3.05, 3.63) is 100 Å². The van der Waals surface area contributed by atoms with Gasteiger partial charge in [-0.05, 0) is 46.7 Å². The molecule has 0 radical (unpaired) electrons. The molecule has 0 bridgehead atoms. The maximum absolute atomic E-state index is 12.6. The summed E-state index contributed by atoms with van der Waals surface area (Å²) in [5.74, 6) is -1.23. The fourth-order valence-corrected chi connectivity index (χ4v) is 4.83. The lowest BCUT2D eigenvalue weighted by Gasteiger charge is -2.18. The number of benzene rings is 3. The van der Waals surface area contributed by atoms with E-state index in [4.69, 9.17) is 16.3 Å². The van der Waals surface area contributed by atoms with Crippen LogP contribution in [0.15, 0.2) is 72.8 Å². The number of hydrogen-bond donors (Lipinski definition) is 2. The van der Waals surface area contributed by atoms with Gasteiger partial charge in [0.25, 0.3) is 0 Å². The van der Waals surface area contributed by atoms with Gasteiger partial charge in [0.15, 0.2) is 5.69 Å². The average molecular weight is 473 g/mol. The van der Waals surface area contributed by atoms with E-state index in [9.17, 15) is 14.7 Å². The van der Waals surface area contributed by atoms with Crippen molar-refractivity contribution in [1.29, 1.82) is 0 Å². The van der Waals surface area contributed by atoms with Gasteiger partial charge in [0.1, 0.15) is 6.61 Å². The van der Waals surface area contributed by atoms with Crippen LogP contribution in [-0.2, 0) is 4.74 Å². The molecule has 0 unspecified atom stereocenters. The van der Waals surface area contributed by atoms with Gasteiger partial charge in [0.05, 0.1) is 16.8 Å². The van der Waals surface area contributed by atoms with Crippen molar-refractivity contribution < 1.29 is 19.4 Å². The number of alkyl carbamates (subject to hydrolysis) is 1. The van der Waals surface area contributed by atoms with Gasteiger partial charge in [-0.2, -0.15) is 0 Å². The number of amides is 1. The van der Waals surface area contributed by atoms with Crippen molar-refractivity contribution >= 4 is 34.4 Å². The van der Waals surface area contributed by atoms with E-state index in [2.05, 4.69) is 34.6 Å². The minimum Gasteiger partial charge on any atom is -0.476 e. The van der Waals surface area contributed by atoms with Crippen LogP contribution in [-0.4, -0.2) is 28.8 Å². The summed E-state index contributed by atoms with van der Waals surface area (Å²) in [5.41, 5.74) is 4.81. The molecule has 3 aromatic carbocycles. The van der Waals surface area contributed by atoms with Gasteiger partial charge in [-0.1, -0.05) is 72.3 Å². The zero-order valence-electron chi connectivity index (χ0n) is 18.3. The van der Waals surface area contributed by atoms with E-state index in [-0.39, 0.29) is 18.2 Å². The van der Waals surface area contributed by atoms with E-state index in [1.54, 1.807) is 31.2 Å². The smallest absolute Gasteiger partial charge is 0.407 e. The predicted molar refractivity (Wildman–Crippen MR) is 130 cm³/mol. The third-order valence-electron chi connectivity index (χ3n) is 6.15. The highest BCUT2D eigenvalue weighted by atomic mass is 35.5. The number of nitrogens with zero attached hydrogens (tertiary/aromatic N) is 1. The van der Waals surface area contributed by atoms with Crippen LogP contribution in [0.1, 0.15) is 46.2 Å². The van der Waals surface area contributed by atoms with Crippen LogP contribution in [0.3, 0.4) is 0 Å². The first-order valence-corrected chi connectivity index (χ1v) is 11.3. The Balaban J connectivity index is 1.33. The minimum atomic E-state index is -1.19. The molecule has 4 aromatic rings. The van der Waals surface area contributed by atoms with E-state index in [0.29, 0.717) is 21.5 Å². The lowest BCUT2D eigenvalue weighted by Crippen LogP contribution is -2.29. The van der Waals surface area contributed by atoms with Gasteiger partial charge < -0.3 is 15.2 Å². The number of pyridine rings is 1. The zero-order chi connectivity index (χ0) is 23.8. The second kappa shape index (κ2) is 8.80. The number of hydrogen-bond acceptors (Lipinski definition) is 4. The quantitative estimate of drug-likeness (QED) is 0.361. The highest BCUT2D eigenvalue weighted by molar-refractivity contribution is 6.36. The van der Waals surface area contributed by atoms with Crippen LogP contribution < -0.4 is 5.32 Å². The molecule has 0 fully saturated rings. The molecule has 1 heterocycles. The van der Waals surface area contributed by atoms with Crippen LogP contribution in [0.2, 0.25) is 5.02 Å². The summed E-state index contributed by atoms with van der Waals surface area (Å²) in [6, 6.07) is 22.5. The summed E-state index contributed by atoms with van der Waals surface area (Å²) in [6.07, 6.45) is -0.598.